The maximum Gasteiger partial charge on any atom is 0.343 e. The highest BCUT2D eigenvalue weighted by Crippen LogP contribution is 2.42. The largest absolute Gasteiger partial charge is 0.424 e. The van der Waals surface area contributed by atoms with Gasteiger partial charge in [-0.1, -0.05) is 92.7 Å². The number of aliphatic hydroxyl groups excluding tert-OH is 1. The number of halogens is 1. The number of benzene rings is 3. The van der Waals surface area contributed by atoms with Crippen LogP contribution in [0.15, 0.2) is 98.6 Å². The summed E-state index contributed by atoms with van der Waals surface area (Å²) in [7, 11) is -3.18. The van der Waals surface area contributed by atoms with Gasteiger partial charge in [0.05, 0.1) is 9.86 Å². The Balaban J connectivity index is 1.67. The summed E-state index contributed by atoms with van der Waals surface area (Å²) in [5, 5.41) is 13.5. The molecule has 170 valence electrons. The Morgan fingerprint density at radius 3 is 1.91 bits per heavy atom. The third-order valence-corrected chi connectivity index (χ3v) is 11.9. The summed E-state index contributed by atoms with van der Waals surface area (Å²) < 4.78 is 6.08. The van der Waals surface area contributed by atoms with E-state index in [4.69, 9.17) is 4.42 Å². The van der Waals surface area contributed by atoms with Crippen molar-refractivity contribution in [3.8, 4) is 0 Å². The third kappa shape index (κ3) is 4.36. The molecule has 4 rings (SSSR count). The van der Waals surface area contributed by atoms with Crippen molar-refractivity contribution in [2.45, 2.75) is 37.8 Å². The summed E-state index contributed by atoms with van der Waals surface area (Å²) in [6, 6.07) is 26.8. The Kier molecular flexibility index (Phi) is 6.72. The van der Waals surface area contributed by atoms with Crippen LogP contribution in [0.2, 0.25) is 5.04 Å². The lowest BCUT2D eigenvalue weighted by Gasteiger charge is -2.41. The minimum absolute atomic E-state index is 0.221. The van der Waals surface area contributed by atoms with Crippen molar-refractivity contribution in [2.24, 2.45) is 0 Å². The molecule has 6 heteroatoms. The van der Waals surface area contributed by atoms with E-state index in [9.17, 15) is 14.7 Å². The van der Waals surface area contributed by atoms with Crippen LogP contribution in [0, 0.1) is 0 Å². The maximum absolute atomic E-state index is 12.5. The maximum atomic E-state index is 12.5. The van der Waals surface area contributed by atoms with E-state index in [1.165, 1.54) is 0 Å². The van der Waals surface area contributed by atoms with Gasteiger partial charge in [0, 0.05) is 5.39 Å². The van der Waals surface area contributed by atoms with Gasteiger partial charge < -0.3 is 14.3 Å². The van der Waals surface area contributed by atoms with Crippen LogP contribution in [0.4, 0.5) is 0 Å². The van der Waals surface area contributed by atoms with Crippen LogP contribution in [0.25, 0.3) is 10.8 Å². The molecule has 0 saturated carbocycles. The second kappa shape index (κ2) is 9.39. The summed E-state index contributed by atoms with van der Waals surface area (Å²) in [6.45, 7) is 4.11. The lowest BCUT2D eigenvalue weighted by Crippen LogP contribution is -2.65. The first-order valence-electron chi connectivity index (χ1n) is 11.0. The summed E-state index contributed by atoms with van der Waals surface area (Å²) in [6.07, 6.45) is -0.119. The molecular formula is C27H27BrO4Si. The van der Waals surface area contributed by atoms with E-state index in [1.807, 2.05) is 72.8 Å². The molecule has 33 heavy (non-hydrogen) atoms. The van der Waals surface area contributed by atoms with Crippen molar-refractivity contribution in [3.05, 3.63) is 106 Å². The Morgan fingerprint density at radius 2 is 1.36 bits per heavy atom. The first-order valence-corrected chi connectivity index (χ1v) is 13.7. The summed E-state index contributed by atoms with van der Waals surface area (Å²) >= 11 is 3.52. The number of aliphatic hydroxyl groups is 1. The van der Waals surface area contributed by atoms with Crippen LogP contribution in [-0.4, -0.2) is 18.2 Å². The van der Waals surface area contributed by atoms with E-state index in [2.05, 4.69) is 29.8 Å². The van der Waals surface area contributed by atoms with E-state index in [1.54, 1.807) is 12.1 Å². The Hall–Kier alpha value is -2.51. The standard InChI is InChI=1S/C27H27BrO4Si/c1-27(2,33(31,19-11-5-3-6-12-19)20-13-7-4-8-14-20)18-17-23(29)25-24(28)21-15-9-10-16-22(21)26(30)32-25/h3-16,23,29,31H,17-18H2,1-2H3/t23-/m1/s1. The van der Waals surface area contributed by atoms with Gasteiger partial charge in [-0.15, -0.1) is 0 Å². The molecular weight excluding hydrogens is 496 g/mol. The first kappa shape index (κ1) is 23.6. The van der Waals surface area contributed by atoms with Crippen LogP contribution in [0.1, 0.15) is 38.6 Å². The fraction of sp³-hybridized carbons (Fsp3) is 0.222. The Morgan fingerprint density at radius 1 is 0.879 bits per heavy atom. The van der Waals surface area contributed by atoms with E-state index in [0.29, 0.717) is 28.1 Å². The van der Waals surface area contributed by atoms with Crippen molar-refractivity contribution < 1.29 is 14.3 Å². The zero-order chi connectivity index (χ0) is 23.6. The number of hydrogen-bond acceptors (Lipinski definition) is 4. The molecule has 0 radical (unpaired) electrons. The average Bonchev–Trinajstić information content (AvgIpc) is 2.85. The van der Waals surface area contributed by atoms with Gasteiger partial charge in [-0.3, -0.25) is 0 Å². The predicted octanol–water partition coefficient (Wildman–Crippen LogP) is 4.90. The summed E-state index contributed by atoms with van der Waals surface area (Å²) in [5.41, 5.74) is -0.471. The molecule has 0 saturated heterocycles. The Bertz CT molecular complexity index is 1260. The van der Waals surface area contributed by atoms with Crippen LogP contribution in [0.5, 0.6) is 0 Å². The van der Waals surface area contributed by atoms with Gasteiger partial charge in [0.1, 0.15) is 6.10 Å². The van der Waals surface area contributed by atoms with Crippen LogP contribution in [0.3, 0.4) is 0 Å². The van der Waals surface area contributed by atoms with Crippen molar-refractivity contribution in [2.75, 3.05) is 0 Å². The summed E-state index contributed by atoms with van der Waals surface area (Å²) in [4.78, 5) is 24.7. The van der Waals surface area contributed by atoms with Crippen molar-refractivity contribution in [3.63, 3.8) is 0 Å². The molecule has 1 heterocycles. The topological polar surface area (TPSA) is 70.7 Å². The molecule has 0 bridgehead atoms. The van der Waals surface area contributed by atoms with Crippen molar-refractivity contribution in [1.82, 2.24) is 0 Å². The molecule has 1 atom stereocenters. The third-order valence-electron chi connectivity index (χ3n) is 6.51. The lowest BCUT2D eigenvalue weighted by molar-refractivity contribution is 0.128. The molecule has 0 fully saturated rings. The monoisotopic (exact) mass is 522 g/mol. The molecule has 4 aromatic rings. The minimum atomic E-state index is -3.18. The van der Waals surface area contributed by atoms with E-state index < -0.39 is 25.1 Å². The van der Waals surface area contributed by atoms with Gasteiger partial charge in [0.25, 0.3) is 8.32 Å². The zero-order valence-corrected chi connectivity index (χ0v) is 21.2. The molecule has 4 nitrogen and oxygen atoms in total. The minimum Gasteiger partial charge on any atom is -0.424 e. The SMILES string of the molecule is CC(C)(CC[C@@H](O)c1oc(=O)c2ccccc2c1Br)[Si](O)(c1ccccc1)c1ccccc1. The fourth-order valence-electron chi connectivity index (χ4n) is 4.52. The molecule has 0 unspecified atom stereocenters. The Labute approximate surface area is 202 Å². The number of fused-ring (bicyclic) bond motifs is 1. The molecule has 3 aromatic carbocycles. The van der Waals surface area contributed by atoms with Crippen LogP contribution >= 0.6 is 15.9 Å². The van der Waals surface area contributed by atoms with Crippen LogP contribution in [-0.2, 0) is 0 Å². The highest BCUT2D eigenvalue weighted by Gasteiger charge is 2.49. The first-order chi connectivity index (χ1) is 15.8. The lowest BCUT2D eigenvalue weighted by atomic mass is 10.0. The molecule has 0 spiro atoms. The van der Waals surface area contributed by atoms with Gasteiger partial charge in [-0.25, -0.2) is 4.79 Å². The van der Waals surface area contributed by atoms with Gasteiger partial charge in [0.2, 0.25) is 0 Å². The number of hydrogen-bond donors (Lipinski definition) is 2. The van der Waals surface area contributed by atoms with Gasteiger partial charge in [-0.2, -0.15) is 0 Å². The second-order valence-corrected chi connectivity index (χ2v) is 13.7. The van der Waals surface area contributed by atoms with Crippen LogP contribution < -0.4 is 16.0 Å². The second-order valence-electron chi connectivity index (χ2n) is 8.99. The molecule has 0 amide bonds. The van der Waals surface area contributed by atoms with Crippen molar-refractivity contribution >= 4 is 45.4 Å². The molecule has 1 aromatic heterocycles. The van der Waals surface area contributed by atoms with E-state index in [-0.39, 0.29) is 5.76 Å². The number of rotatable bonds is 7. The highest BCUT2D eigenvalue weighted by molar-refractivity contribution is 9.10. The summed E-state index contributed by atoms with van der Waals surface area (Å²) in [5.74, 6) is 0.221. The highest BCUT2D eigenvalue weighted by atomic mass is 79.9. The molecule has 0 aliphatic carbocycles. The zero-order valence-electron chi connectivity index (χ0n) is 18.7. The van der Waals surface area contributed by atoms with Gasteiger partial charge >= 0.3 is 5.63 Å². The fourth-order valence-corrected chi connectivity index (χ4v) is 8.96. The van der Waals surface area contributed by atoms with E-state index in [0.717, 1.165) is 10.4 Å². The smallest absolute Gasteiger partial charge is 0.343 e. The van der Waals surface area contributed by atoms with Gasteiger partial charge in [0.15, 0.2) is 5.76 Å². The molecule has 0 aliphatic heterocycles. The molecule has 0 aliphatic rings. The molecule has 2 N–H and O–H groups in total. The average molecular weight is 523 g/mol. The van der Waals surface area contributed by atoms with Crippen molar-refractivity contribution in [1.29, 1.82) is 0 Å². The van der Waals surface area contributed by atoms with E-state index >= 15 is 0 Å². The quantitative estimate of drug-likeness (QED) is 0.338. The predicted molar refractivity (Wildman–Crippen MR) is 139 cm³/mol. The normalized spacial score (nSPS) is 13.2. The van der Waals surface area contributed by atoms with Gasteiger partial charge in [-0.05, 0) is 50.2 Å².